The lowest BCUT2D eigenvalue weighted by Crippen LogP contribution is -2.30. The summed E-state index contributed by atoms with van der Waals surface area (Å²) in [6.45, 7) is 6.60. The van der Waals surface area contributed by atoms with Gasteiger partial charge in [-0.3, -0.25) is 14.4 Å². The molecule has 0 aliphatic heterocycles. The Balaban J connectivity index is 4.26. The van der Waals surface area contributed by atoms with Crippen LogP contribution in [-0.2, 0) is 28.6 Å². The summed E-state index contributed by atoms with van der Waals surface area (Å²) in [5.41, 5.74) is 0. The number of rotatable bonds is 65. The number of hydrogen-bond acceptors (Lipinski definition) is 6. The molecular weight excluding hydrogens is 997 g/mol. The molecule has 0 heterocycles. The van der Waals surface area contributed by atoms with E-state index in [0.29, 0.717) is 19.3 Å². The maximum atomic E-state index is 13.0. The van der Waals surface area contributed by atoms with Crippen molar-refractivity contribution in [2.75, 3.05) is 13.2 Å². The molecule has 1 unspecified atom stereocenters. The number of esters is 3. The van der Waals surface area contributed by atoms with Crippen LogP contribution in [0.4, 0.5) is 0 Å². The third kappa shape index (κ3) is 67.5. The lowest BCUT2D eigenvalue weighted by atomic mass is 10.0. The molecule has 6 heteroatoms. The molecule has 470 valence electrons. The Morgan fingerprint density at radius 2 is 0.469 bits per heavy atom. The topological polar surface area (TPSA) is 78.9 Å². The summed E-state index contributed by atoms with van der Waals surface area (Å²) in [5, 5.41) is 0. The van der Waals surface area contributed by atoms with E-state index in [1.54, 1.807) is 0 Å². The molecule has 0 amide bonds. The largest absolute Gasteiger partial charge is 0.462 e. The first kappa shape index (κ1) is 77.9. The Bertz CT molecular complexity index is 1490. The smallest absolute Gasteiger partial charge is 0.306 e. The van der Waals surface area contributed by atoms with Gasteiger partial charge >= 0.3 is 17.9 Å². The molecule has 6 nitrogen and oxygen atoms in total. The zero-order valence-corrected chi connectivity index (χ0v) is 54.1. The monoisotopic (exact) mass is 1130 g/mol. The van der Waals surface area contributed by atoms with E-state index in [0.717, 1.165) is 96.3 Å². The first-order chi connectivity index (χ1) is 40.0. The summed E-state index contributed by atoms with van der Waals surface area (Å²) < 4.78 is 17.0. The van der Waals surface area contributed by atoms with Gasteiger partial charge in [0.1, 0.15) is 13.2 Å². The van der Waals surface area contributed by atoms with Crippen LogP contribution in [0, 0.1) is 0 Å². The molecule has 0 bridgehead atoms. The van der Waals surface area contributed by atoms with E-state index in [-0.39, 0.29) is 31.1 Å². The van der Waals surface area contributed by atoms with Gasteiger partial charge < -0.3 is 14.2 Å². The van der Waals surface area contributed by atoms with Crippen molar-refractivity contribution in [2.45, 2.75) is 374 Å². The first-order valence-electron chi connectivity index (χ1n) is 35.4. The van der Waals surface area contributed by atoms with E-state index >= 15 is 0 Å². The third-order valence-electron chi connectivity index (χ3n) is 15.6. The van der Waals surface area contributed by atoms with Gasteiger partial charge in [-0.05, 0) is 109 Å². The Morgan fingerprint density at radius 1 is 0.247 bits per heavy atom. The van der Waals surface area contributed by atoms with Gasteiger partial charge in [-0.25, -0.2) is 0 Å². The van der Waals surface area contributed by atoms with Crippen molar-refractivity contribution in [3.63, 3.8) is 0 Å². The summed E-state index contributed by atoms with van der Waals surface area (Å²) in [6, 6.07) is 0. The highest BCUT2D eigenvalue weighted by molar-refractivity contribution is 5.71. The van der Waals surface area contributed by atoms with E-state index in [1.165, 1.54) is 231 Å². The van der Waals surface area contributed by atoms with E-state index in [2.05, 4.69) is 93.7 Å². The minimum absolute atomic E-state index is 0.0789. The van der Waals surface area contributed by atoms with Crippen LogP contribution in [0.1, 0.15) is 367 Å². The van der Waals surface area contributed by atoms with Crippen molar-refractivity contribution in [1.82, 2.24) is 0 Å². The van der Waals surface area contributed by atoms with Crippen molar-refractivity contribution in [1.29, 1.82) is 0 Å². The van der Waals surface area contributed by atoms with Crippen molar-refractivity contribution < 1.29 is 28.6 Å². The van der Waals surface area contributed by atoms with Crippen LogP contribution in [0.2, 0.25) is 0 Å². The zero-order chi connectivity index (χ0) is 58.5. The average Bonchev–Trinajstić information content (AvgIpc) is 3.46. The van der Waals surface area contributed by atoms with Crippen LogP contribution in [0.15, 0.2) is 72.9 Å². The normalized spacial score (nSPS) is 12.5. The Kier molecular flexibility index (Phi) is 66.6. The molecule has 0 radical (unpaired) electrons. The fourth-order valence-electron chi connectivity index (χ4n) is 10.3. The minimum Gasteiger partial charge on any atom is -0.462 e. The number of carbonyl (C=O) groups is 3. The predicted octanol–water partition coefficient (Wildman–Crippen LogP) is 24.4. The number of ether oxygens (including phenoxy) is 3. The average molecular weight is 1130 g/mol. The molecule has 0 aromatic heterocycles. The maximum Gasteiger partial charge on any atom is 0.306 e. The van der Waals surface area contributed by atoms with Crippen LogP contribution in [0.5, 0.6) is 0 Å². The molecule has 0 N–H and O–H groups in total. The second-order valence-electron chi connectivity index (χ2n) is 23.8. The van der Waals surface area contributed by atoms with Gasteiger partial charge in [0, 0.05) is 19.3 Å². The van der Waals surface area contributed by atoms with Gasteiger partial charge in [-0.1, -0.05) is 312 Å². The molecule has 0 spiro atoms. The highest BCUT2D eigenvalue weighted by atomic mass is 16.6. The lowest BCUT2D eigenvalue weighted by molar-refractivity contribution is -0.167. The van der Waals surface area contributed by atoms with Gasteiger partial charge in [-0.2, -0.15) is 0 Å². The summed E-state index contributed by atoms with van der Waals surface area (Å²) >= 11 is 0. The Morgan fingerprint density at radius 3 is 0.753 bits per heavy atom. The quantitative estimate of drug-likeness (QED) is 0.0261. The summed E-state index contributed by atoms with van der Waals surface area (Å²) in [5.74, 6) is -0.877. The SMILES string of the molecule is CCC/C=C\C/C=C\CCCCCCCC(=O)OCC(COC(=O)CCCCCCCCCCCCCC/C=C\C/C=C\C/C=C\CCCCCCC)OC(=O)CCCCCCCCCCCCC/C=C\CCCCCCCCCC. The summed E-state index contributed by atoms with van der Waals surface area (Å²) in [7, 11) is 0. The molecule has 0 aromatic rings. The van der Waals surface area contributed by atoms with Crippen LogP contribution >= 0.6 is 0 Å². The molecular formula is C75H134O6. The second-order valence-corrected chi connectivity index (χ2v) is 23.8. The lowest BCUT2D eigenvalue weighted by Gasteiger charge is -2.18. The van der Waals surface area contributed by atoms with Crippen LogP contribution in [0.25, 0.3) is 0 Å². The van der Waals surface area contributed by atoms with Crippen LogP contribution < -0.4 is 0 Å². The molecule has 0 fully saturated rings. The predicted molar refractivity (Wildman–Crippen MR) is 353 cm³/mol. The molecule has 0 saturated carbocycles. The maximum absolute atomic E-state index is 13.0. The van der Waals surface area contributed by atoms with E-state index in [4.69, 9.17) is 14.2 Å². The van der Waals surface area contributed by atoms with Crippen molar-refractivity contribution in [3.05, 3.63) is 72.9 Å². The third-order valence-corrected chi connectivity index (χ3v) is 15.6. The highest BCUT2D eigenvalue weighted by Gasteiger charge is 2.19. The molecule has 0 saturated heterocycles. The number of unbranched alkanes of at least 4 members (excludes halogenated alkanes) is 42. The number of carbonyl (C=O) groups excluding carboxylic acids is 3. The molecule has 81 heavy (non-hydrogen) atoms. The van der Waals surface area contributed by atoms with Gasteiger partial charge in [-0.15, -0.1) is 0 Å². The van der Waals surface area contributed by atoms with Crippen molar-refractivity contribution >= 4 is 17.9 Å². The minimum atomic E-state index is -0.784. The second kappa shape index (κ2) is 69.3. The highest BCUT2D eigenvalue weighted by Crippen LogP contribution is 2.17. The van der Waals surface area contributed by atoms with Gasteiger partial charge in [0.05, 0.1) is 0 Å². The summed E-state index contributed by atoms with van der Waals surface area (Å²) in [6.07, 6.45) is 90.7. The van der Waals surface area contributed by atoms with Gasteiger partial charge in [0.15, 0.2) is 6.10 Å². The summed E-state index contributed by atoms with van der Waals surface area (Å²) in [4.78, 5) is 38.4. The molecule has 0 aliphatic carbocycles. The van der Waals surface area contributed by atoms with Crippen molar-refractivity contribution in [3.8, 4) is 0 Å². The zero-order valence-electron chi connectivity index (χ0n) is 54.1. The molecule has 0 aliphatic rings. The van der Waals surface area contributed by atoms with E-state index in [1.807, 2.05) is 0 Å². The van der Waals surface area contributed by atoms with Gasteiger partial charge in [0.2, 0.25) is 0 Å². The van der Waals surface area contributed by atoms with Crippen LogP contribution in [-0.4, -0.2) is 37.2 Å². The standard InChI is InChI=1S/C75H134O6/c1-4-7-10-13-16-19-22-25-27-29-31-33-35-36-37-38-40-41-43-45-47-50-53-56-59-62-65-68-74(77)80-71-72(70-79-73(76)67-64-61-58-55-52-49-24-21-18-15-12-9-6-3)81-75(78)69-66-63-60-57-54-51-48-46-44-42-39-34-32-30-28-26-23-20-17-14-11-8-5-2/h12,15,21-22,24-25,29-32,35-36,72H,4-11,13-14,16-20,23,26-28,33-34,37-71H2,1-3H3/b15-12-,24-21-,25-22-,31-29-,32-30-,36-35-. The van der Waals surface area contributed by atoms with Crippen LogP contribution in [0.3, 0.4) is 0 Å². The first-order valence-corrected chi connectivity index (χ1v) is 35.4. The van der Waals surface area contributed by atoms with Crippen molar-refractivity contribution in [2.24, 2.45) is 0 Å². The Hall–Kier alpha value is -3.15. The molecule has 1 atom stereocenters. The fraction of sp³-hybridized carbons (Fsp3) is 0.800. The van der Waals surface area contributed by atoms with Gasteiger partial charge in [0.25, 0.3) is 0 Å². The number of hydrogen-bond donors (Lipinski definition) is 0. The molecule has 0 aromatic carbocycles. The van der Waals surface area contributed by atoms with E-state index < -0.39 is 6.10 Å². The Labute approximate surface area is 503 Å². The number of allylic oxidation sites excluding steroid dienone is 12. The molecule has 0 rings (SSSR count). The fourth-order valence-corrected chi connectivity index (χ4v) is 10.3. The van der Waals surface area contributed by atoms with E-state index in [9.17, 15) is 14.4 Å².